The minimum Gasteiger partial charge on any atom is -0.427 e. The Bertz CT molecular complexity index is 996. The average molecular weight is 384 g/mol. The molecule has 2 aromatic heterocycles. The van der Waals surface area contributed by atoms with Crippen LogP contribution in [0.2, 0.25) is 0 Å². The SMILES string of the molecule is CC(=O)Oc1cccc(Nc2ncc(F)c(Nc3cc(C(C)(C)C)[nH]n3)n2)c1. The lowest BCUT2D eigenvalue weighted by Crippen LogP contribution is -2.11. The molecule has 146 valence electrons. The molecule has 8 nitrogen and oxygen atoms in total. The highest BCUT2D eigenvalue weighted by atomic mass is 19.1. The van der Waals surface area contributed by atoms with Gasteiger partial charge >= 0.3 is 5.97 Å². The van der Waals surface area contributed by atoms with Gasteiger partial charge in [0, 0.05) is 35.9 Å². The van der Waals surface area contributed by atoms with E-state index in [2.05, 4.69) is 30.8 Å². The first-order chi connectivity index (χ1) is 13.2. The van der Waals surface area contributed by atoms with E-state index >= 15 is 0 Å². The molecule has 0 unspecified atom stereocenters. The maximum atomic E-state index is 14.1. The lowest BCUT2D eigenvalue weighted by atomic mass is 9.92. The van der Waals surface area contributed by atoms with E-state index in [1.165, 1.54) is 6.92 Å². The zero-order valence-electron chi connectivity index (χ0n) is 16.0. The highest BCUT2D eigenvalue weighted by Gasteiger charge is 2.17. The molecule has 0 amide bonds. The normalized spacial score (nSPS) is 11.2. The van der Waals surface area contributed by atoms with Gasteiger partial charge in [-0.2, -0.15) is 10.1 Å². The quantitative estimate of drug-likeness (QED) is 0.450. The van der Waals surface area contributed by atoms with Crippen molar-refractivity contribution in [1.29, 1.82) is 0 Å². The van der Waals surface area contributed by atoms with Crippen molar-refractivity contribution in [3.63, 3.8) is 0 Å². The number of carbonyl (C=O) groups excluding carboxylic acids is 1. The van der Waals surface area contributed by atoms with Crippen LogP contribution in [0.3, 0.4) is 0 Å². The fourth-order valence-corrected chi connectivity index (χ4v) is 2.34. The third kappa shape index (κ3) is 4.81. The molecule has 1 aromatic carbocycles. The number of hydrogen-bond acceptors (Lipinski definition) is 7. The summed E-state index contributed by atoms with van der Waals surface area (Å²) in [7, 11) is 0. The molecule has 0 radical (unpaired) electrons. The van der Waals surface area contributed by atoms with Crippen LogP contribution in [-0.2, 0) is 10.2 Å². The first kappa shape index (κ1) is 19.3. The smallest absolute Gasteiger partial charge is 0.308 e. The van der Waals surface area contributed by atoms with Gasteiger partial charge in [0.1, 0.15) is 5.75 Å². The number of nitrogens with zero attached hydrogens (tertiary/aromatic N) is 3. The van der Waals surface area contributed by atoms with Crippen LogP contribution in [0.5, 0.6) is 5.75 Å². The Morgan fingerprint density at radius 3 is 2.68 bits per heavy atom. The maximum absolute atomic E-state index is 14.1. The van der Waals surface area contributed by atoms with Crippen LogP contribution >= 0.6 is 0 Å². The molecule has 0 aliphatic carbocycles. The van der Waals surface area contributed by atoms with Crippen molar-refractivity contribution in [2.45, 2.75) is 33.1 Å². The fraction of sp³-hybridized carbons (Fsp3) is 0.263. The molecule has 3 N–H and O–H groups in total. The molecule has 28 heavy (non-hydrogen) atoms. The van der Waals surface area contributed by atoms with Crippen molar-refractivity contribution >= 4 is 29.2 Å². The predicted molar refractivity (Wildman–Crippen MR) is 104 cm³/mol. The molecule has 3 aromatic rings. The molecule has 9 heteroatoms. The summed E-state index contributed by atoms with van der Waals surface area (Å²) in [6.45, 7) is 7.45. The van der Waals surface area contributed by atoms with E-state index in [0.29, 0.717) is 17.3 Å². The van der Waals surface area contributed by atoms with Crippen LogP contribution < -0.4 is 15.4 Å². The first-order valence-corrected chi connectivity index (χ1v) is 8.61. The number of nitrogens with one attached hydrogen (secondary N) is 3. The molecule has 0 spiro atoms. The van der Waals surface area contributed by atoms with E-state index in [9.17, 15) is 9.18 Å². The van der Waals surface area contributed by atoms with Crippen molar-refractivity contribution in [1.82, 2.24) is 20.2 Å². The Labute approximate surface area is 161 Å². The number of carbonyl (C=O) groups is 1. The van der Waals surface area contributed by atoms with E-state index in [0.717, 1.165) is 11.9 Å². The van der Waals surface area contributed by atoms with Gasteiger partial charge < -0.3 is 15.4 Å². The molecule has 2 heterocycles. The molecule has 0 aliphatic heterocycles. The second-order valence-corrected chi connectivity index (χ2v) is 7.18. The van der Waals surface area contributed by atoms with Crippen molar-refractivity contribution < 1.29 is 13.9 Å². The highest BCUT2D eigenvalue weighted by molar-refractivity contribution is 5.70. The Morgan fingerprint density at radius 2 is 2.00 bits per heavy atom. The summed E-state index contributed by atoms with van der Waals surface area (Å²) in [5.74, 6) is -0.0413. The number of ether oxygens (including phenoxy) is 1. The number of rotatable bonds is 5. The van der Waals surface area contributed by atoms with Gasteiger partial charge in [-0.25, -0.2) is 9.37 Å². The zero-order chi connectivity index (χ0) is 20.3. The van der Waals surface area contributed by atoms with Crippen LogP contribution in [0, 0.1) is 5.82 Å². The number of halogens is 1. The van der Waals surface area contributed by atoms with Gasteiger partial charge in [-0.3, -0.25) is 9.89 Å². The minimum absolute atomic E-state index is 0.0133. The van der Waals surface area contributed by atoms with E-state index < -0.39 is 11.8 Å². The van der Waals surface area contributed by atoms with Gasteiger partial charge in [0.2, 0.25) is 5.95 Å². The number of aromatic amines is 1. The van der Waals surface area contributed by atoms with Gasteiger partial charge in [-0.05, 0) is 12.1 Å². The second-order valence-electron chi connectivity index (χ2n) is 7.18. The summed E-state index contributed by atoms with van der Waals surface area (Å²) >= 11 is 0. The summed E-state index contributed by atoms with van der Waals surface area (Å²) in [6, 6.07) is 8.52. The number of aromatic nitrogens is 4. The molecule has 3 rings (SSSR count). The number of anilines is 4. The Balaban J connectivity index is 1.78. The molecule has 0 atom stereocenters. The van der Waals surface area contributed by atoms with Crippen LogP contribution in [0.4, 0.5) is 27.7 Å². The largest absolute Gasteiger partial charge is 0.427 e. The van der Waals surface area contributed by atoms with Gasteiger partial charge in [0.15, 0.2) is 17.5 Å². The minimum atomic E-state index is -0.612. The average Bonchev–Trinajstić information content (AvgIpc) is 3.07. The second kappa shape index (κ2) is 7.63. The van der Waals surface area contributed by atoms with Crippen molar-refractivity contribution in [2.75, 3.05) is 10.6 Å². The lowest BCUT2D eigenvalue weighted by molar-refractivity contribution is -0.131. The third-order valence-electron chi connectivity index (χ3n) is 3.73. The van der Waals surface area contributed by atoms with Gasteiger partial charge in [-0.15, -0.1) is 0 Å². The van der Waals surface area contributed by atoms with Crippen LogP contribution in [0.1, 0.15) is 33.4 Å². The summed E-state index contributed by atoms with van der Waals surface area (Å²) in [5, 5.41) is 12.9. The zero-order valence-corrected chi connectivity index (χ0v) is 16.0. The maximum Gasteiger partial charge on any atom is 0.308 e. The Kier molecular flexibility index (Phi) is 5.25. The molecule has 0 saturated heterocycles. The molecule has 0 aliphatic rings. The van der Waals surface area contributed by atoms with Crippen molar-refractivity contribution in [2.24, 2.45) is 0 Å². The Hall–Kier alpha value is -3.49. The molecule has 0 fully saturated rings. The highest BCUT2D eigenvalue weighted by Crippen LogP contribution is 2.25. The number of H-pyrrole nitrogens is 1. The molecular weight excluding hydrogens is 363 g/mol. The van der Waals surface area contributed by atoms with Gasteiger partial charge in [0.25, 0.3) is 0 Å². The van der Waals surface area contributed by atoms with E-state index in [4.69, 9.17) is 4.74 Å². The summed E-state index contributed by atoms with van der Waals surface area (Å²) < 4.78 is 19.2. The lowest BCUT2D eigenvalue weighted by Gasteiger charge is -2.14. The number of benzene rings is 1. The predicted octanol–water partition coefficient (Wildman–Crippen LogP) is 4.05. The van der Waals surface area contributed by atoms with Crippen LogP contribution in [0.25, 0.3) is 0 Å². The summed E-state index contributed by atoms with van der Waals surface area (Å²) in [6.07, 6.45) is 1.06. The number of hydrogen-bond donors (Lipinski definition) is 3. The van der Waals surface area contributed by atoms with Gasteiger partial charge in [0.05, 0.1) is 6.20 Å². The van der Waals surface area contributed by atoms with Crippen molar-refractivity contribution in [3.05, 3.63) is 48.0 Å². The summed E-state index contributed by atoms with van der Waals surface area (Å²) in [4.78, 5) is 19.2. The topological polar surface area (TPSA) is 105 Å². The Morgan fingerprint density at radius 1 is 1.21 bits per heavy atom. The van der Waals surface area contributed by atoms with Crippen LogP contribution in [-0.4, -0.2) is 26.1 Å². The number of esters is 1. The molecule has 0 saturated carbocycles. The molecular formula is C19H21FN6O2. The van der Waals surface area contributed by atoms with Gasteiger partial charge in [-0.1, -0.05) is 26.8 Å². The fourth-order valence-electron chi connectivity index (χ4n) is 2.34. The molecule has 0 bridgehead atoms. The third-order valence-corrected chi connectivity index (χ3v) is 3.73. The van der Waals surface area contributed by atoms with E-state index in [1.54, 1.807) is 30.3 Å². The summed E-state index contributed by atoms with van der Waals surface area (Å²) in [5.41, 5.74) is 1.38. The first-order valence-electron chi connectivity index (χ1n) is 8.61. The monoisotopic (exact) mass is 384 g/mol. The van der Waals surface area contributed by atoms with E-state index in [-0.39, 0.29) is 17.2 Å². The van der Waals surface area contributed by atoms with Crippen LogP contribution in [0.15, 0.2) is 36.5 Å². The standard InChI is InChI=1S/C19H21FN6O2/c1-11(27)28-13-7-5-6-12(8-13)22-18-21-10-14(20)17(24-18)23-16-9-15(25-26-16)19(2,3)4/h5-10H,1-4H3,(H3,21,22,23,24,25,26). The van der Waals surface area contributed by atoms with E-state index in [1.807, 2.05) is 20.8 Å². The van der Waals surface area contributed by atoms with Crippen molar-refractivity contribution in [3.8, 4) is 5.75 Å².